The van der Waals surface area contributed by atoms with Crippen molar-refractivity contribution in [3.63, 3.8) is 0 Å². The van der Waals surface area contributed by atoms with E-state index in [-0.39, 0.29) is 0 Å². The predicted octanol–water partition coefficient (Wildman–Crippen LogP) is 1.40. The summed E-state index contributed by atoms with van der Waals surface area (Å²) in [4.78, 5) is 9.87. The summed E-state index contributed by atoms with van der Waals surface area (Å²) in [7, 11) is 1.86. The number of nitrogens with one attached hydrogen (secondary N) is 1. The Kier molecular flexibility index (Phi) is 3.14. The van der Waals surface area contributed by atoms with E-state index in [1.807, 2.05) is 31.3 Å². The van der Waals surface area contributed by atoms with Crippen LogP contribution in [-0.2, 0) is 16.1 Å². The van der Waals surface area contributed by atoms with E-state index >= 15 is 0 Å². The highest BCUT2D eigenvalue weighted by Gasteiger charge is 1.91. The van der Waals surface area contributed by atoms with Crippen molar-refractivity contribution in [2.75, 3.05) is 12.4 Å². The SMILES string of the molecule is CNc1ccc(COC=O)cc1. The highest BCUT2D eigenvalue weighted by molar-refractivity contribution is 5.44. The Bertz CT molecular complexity index is 243. The lowest BCUT2D eigenvalue weighted by atomic mass is 10.2. The molecule has 0 unspecified atom stereocenters. The first-order chi connectivity index (χ1) is 5.86. The zero-order valence-electron chi connectivity index (χ0n) is 6.91. The molecule has 64 valence electrons. The molecule has 0 aliphatic carbocycles. The lowest BCUT2D eigenvalue weighted by Gasteiger charge is -2.01. The molecule has 1 aromatic rings. The van der Waals surface area contributed by atoms with Crippen molar-refractivity contribution in [1.29, 1.82) is 0 Å². The van der Waals surface area contributed by atoms with Crippen molar-refractivity contribution in [2.24, 2.45) is 0 Å². The molecule has 1 N–H and O–H groups in total. The topological polar surface area (TPSA) is 38.3 Å². The van der Waals surface area contributed by atoms with Gasteiger partial charge in [0.1, 0.15) is 6.61 Å². The molecule has 0 aliphatic heterocycles. The van der Waals surface area contributed by atoms with Crippen molar-refractivity contribution in [3.05, 3.63) is 29.8 Å². The Morgan fingerprint density at radius 1 is 1.42 bits per heavy atom. The maximum atomic E-state index is 9.87. The molecule has 1 aromatic carbocycles. The Morgan fingerprint density at radius 3 is 2.58 bits per heavy atom. The fourth-order valence-corrected chi connectivity index (χ4v) is 0.898. The number of anilines is 1. The molecule has 0 fully saturated rings. The summed E-state index contributed by atoms with van der Waals surface area (Å²) >= 11 is 0. The number of benzene rings is 1. The zero-order valence-corrected chi connectivity index (χ0v) is 6.91. The highest BCUT2D eigenvalue weighted by atomic mass is 16.5. The van der Waals surface area contributed by atoms with Gasteiger partial charge >= 0.3 is 0 Å². The van der Waals surface area contributed by atoms with E-state index in [9.17, 15) is 4.79 Å². The van der Waals surface area contributed by atoms with Crippen LogP contribution >= 0.6 is 0 Å². The van der Waals surface area contributed by atoms with Gasteiger partial charge in [-0.15, -0.1) is 0 Å². The minimum absolute atomic E-state index is 0.341. The van der Waals surface area contributed by atoms with Crippen molar-refractivity contribution in [2.45, 2.75) is 6.61 Å². The van der Waals surface area contributed by atoms with Gasteiger partial charge < -0.3 is 10.1 Å². The summed E-state index contributed by atoms with van der Waals surface area (Å²) in [5.41, 5.74) is 2.03. The van der Waals surface area contributed by atoms with Gasteiger partial charge in [0.05, 0.1) is 0 Å². The Morgan fingerprint density at radius 2 is 2.08 bits per heavy atom. The third kappa shape index (κ3) is 2.27. The summed E-state index contributed by atoms with van der Waals surface area (Å²) in [6.45, 7) is 0.791. The van der Waals surface area contributed by atoms with Gasteiger partial charge in [-0.05, 0) is 17.7 Å². The van der Waals surface area contributed by atoms with E-state index < -0.39 is 0 Å². The first kappa shape index (κ1) is 8.59. The van der Waals surface area contributed by atoms with Crippen LogP contribution in [0.5, 0.6) is 0 Å². The molecule has 0 atom stereocenters. The van der Waals surface area contributed by atoms with Gasteiger partial charge in [-0.25, -0.2) is 0 Å². The number of carbonyl (C=O) groups excluding carboxylic acids is 1. The van der Waals surface area contributed by atoms with Gasteiger partial charge in [0.25, 0.3) is 6.47 Å². The van der Waals surface area contributed by atoms with E-state index in [0.29, 0.717) is 13.1 Å². The zero-order chi connectivity index (χ0) is 8.81. The number of hydrogen-bond acceptors (Lipinski definition) is 3. The molecule has 0 aliphatic rings. The minimum Gasteiger partial charge on any atom is -0.463 e. The van der Waals surface area contributed by atoms with Crippen LogP contribution in [0, 0.1) is 0 Å². The standard InChI is InChI=1S/C9H11NO2/c1-10-9-4-2-8(3-5-9)6-12-7-11/h2-5,7,10H,6H2,1H3. The summed E-state index contributed by atoms with van der Waals surface area (Å²) in [6, 6.07) is 7.69. The molecule has 1 rings (SSSR count). The lowest BCUT2D eigenvalue weighted by Crippen LogP contribution is -1.91. The molecule has 12 heavy (non-hydrogen) atoms. The highest BCUT2D eigenvalue weighted by Crippen LogP contribution is 2.08. The van der Waals surface area contributed by atoms with Gasteiger partial charge in [-0.2, -0.15) is 0 Å². The summed E-state index contributed by atoms with van der Waals surface area (Å²) in [5.74, 6) is 0. The average molecular weight is 165 g/mol. The van der Waals surface area contributed by atoms with Gasteiger partial charge in [-0.3, -0.25) is 4.79 Å². The van der Waals surface area contributed by atoms with Crippen LogP contribution in [0.3, 0.4) is 0 Å². The molecular weight excluding hydrogens is 154 g/mol. The van der Waals surface area contributed by atoms with E-state index in [1.54, 1.807) is 0 Å². The van der Waals surface area contributed by atoms with E-state index in [1.165, 1.54) is 0 Å². The molecule has 0 amide bonds. The molecule has 0 saturated heterocycles. The van der Waals surface area contributed by atoms with Gasteiger partial charge in [0, 0.05) is 12.7 Å². The molecule has 0 radical (unpaired) electrons. The van der Waals surface area contributed by atoms with Crippen molar-refractivity contribution >= 4 is 12.2 Å². The molecule has 0 spiro atoms. The molecule has 3 nitrogen and oxygen atoms in total. The maximum absolute atomic E-state index is 9.87. The fourth-order valence-electron chi connectivity index (χ4n) is 0.898. The second-order valence-electron chi connectivity index (χ2n) is 2.35. The first-order valence-corrected chi connectivity index (χ1v) is 3.69. The number of carbonyl (C=O) groups is 1. The Balaban J connectivity index is 2.58. The van der Waals surface area contributed by atoms with Crippen LogP contribution in [0.1, 0.15) is 5.56 Å². The van der Waals surface area contributed by atoms with Crippen molar-refractivity contribution in [3.8, 4) is 0 Å². The van der Waals surface area contributed by atoms with Crippen LogP contribution in [0.25, 0.3) is 0 Å². The van der Waals surface area contributed by atoms with Gasteiger partial charge in [0.2, 0.25) is 0 Å². The number of hydrogen-bond donors (Lipinski definition) is 1. The third-order valence-electron chi connectivity index (χ3n) is 1.56. The average Bonchev–Trinajstić information content (AvgIpc) is 2.15. The largest absolute Gasteiger partial charge is 0.463 e. The van der Waals surface area contributed by atoms with E-state index in [0.717, 1.165) is 11.3 Å². The van der Waals surface area contributed by atoms with Crippen molar-refractivity contribution in [1.82, 2.24) is 0 Å². The quantitative estimate of drug-likeness (QED) is 0.685. The van der Waals surface area contributed by atoms with Crippen LogP contribution in [0.15, 0.2) is 24.3 Å². The Hall–Kier alpha value is -1.51. The van der Waals surface area contributed by atoms with Gasteiger partial charge in [0.15, 0.2) is 0 Å². The predicted molar refractivity (Wildman–Crippen MR) is 46.8 cm³/mol. The van der Waals surface area contributed by atoms with Gasteiger partial charge in [-0.1, -0.05) is 12.1 Å². The summed E-state index contributed by atoms with van der Waals surface area (Å²) < 4.78 is 4.59. The molecule has 3 heteroatoms. The molecule has 0 aromatic heterocycles. The first-order valence-electron chi connectivity index (χ1n) is 3.69. The molecule has 0 saturated carbocycles. The molecule has 0 heterocycles. The normalized spacial score (nSPS) is 9.08. The monoisotopic (exact) mass is 165 g/mol. The van der Waals surface area contributed by atoms with Crippen LogP contribution in [0.4, 0.5) is 5.69 Å². The number of rotatable bonds is 4. The van der Waals surface area contributed by atoms with Crippen molar-refractivity contribution < 1.29 is 9.53 Å². The van der Waals surface area contributed by atoms with E-state index in [4.69, 9.17) is 0 Å². The maximum Gasteiger partial charge on any atom is 0.293 e. The summed E-state index contributed by atoms with van der Waals surface area (Å²) in [6.07, 6.45) is 0. The molecule has 0 bridgehead atoms. The smallest absolute Gasteiger partial charge is 0.293 e. The minimum atomic E-state index is 0.341. The second-order valence-corrected chi connectivity index (χ2v) is 2.35. The van der Waals surface area contributed by atoms with Crippen LogP contribution in [0.2, 0.25) is 0 Å². The third-order valence-corrected chi connectivity index (χ3v) is 1.56. The fraction of sp³-hybridized carbons (Fsp3) is 0.222. The lowest BCUT2D eigenvalue weighted by molar-refractivity contribution is -0.129. The van der Waals surface area contributed by atoms with E-state index in [2.05, 4.69) is 10.1 Å². The molecular formula is C9H11NO2. The Labute approximate surface area is 71.4 Å². The summed E-state index contributed by atoms with van der Waals surface area (Å²) in [5, 5.41) is 3.00. The second kappa shape index (κ2) is 4.38. The van der Waals surface area contributed by atoms with Crippen LogP contribution in [-0.4, -0.2) is 13.5 Å². The number of ether oxygens (including phenoxy) is 1. The van der Waals surface area contributed by atoms with Crippen LogP contribution < -0.4 is 5.32 Å².